The minimum atomic E-state index is 0.780. The van der Waals surface area contributed by atoms with Crippen LogP contribution in [0.1, 0.15) is 28.2 Å². The van der Waals surface area contributed by atoms with Crippen molar-refractivity contribution >= 4 is 29.1 Å². The van der Waals surface area contributed by atoms with Crippen LogP contribution in [-0.4, -0.2) is 30.8 Å². The van der Waals surface area contributed by atoms with Gasteiger partial charge in [-0.15, -0.1) is 23.1 Å². The van der Waals surface area contributed by atoms with Crippen molar-refractivity contribution in [2.24, 2.45) is 4.99 Å². The second kappa shape index (κ2) is 9.69. The Morgan fingerprint density at radius 1 is 1.29 bits per heavy atom. The van der Waals surface area contributed by atoms with E-state index in [2.05, 4.69) is 57.4 Å². The number of rotatable bonds is 7. The van der Waals surface area contributed by atoms with Crippen molar-refractivity contribution in [3.8, 4) is 0 Å². The molecule has 0 aliphatic rings. The van der Waals surface area contributed by atoms with Gasteiger partial charge < -0.3 is 10.6 Å². The van der Waals surface area contributed by atoms with E-state index in [1.165, 1.54) is 21.0 Å². The van der Waals surface area contributed by atoms with E-state index in [1.807, 2.05) is 14.0 Å². The molecule has 0 aliphatic heterocycles. The molecule has 0 aliphatic carbocycles. The lowest BCUT2D eigenvalue weighted by Gasteiger charge is -2.14. The molecule has 0 fully saturated rings. The van der Waals surface area contributed by atoms with Crippen LogP contribution in [0.15, 0.2) is 33.5 Å². The fourth-order valence-electron chi connectivity index (χ4n) is 2.36. The number of thiazole rings is 1. The van der Waals surface area contributed by atoms with Crippen LogP contribution in [0.2, 0.25) is 0 Å². The van der Waals surface area contributed by atoms with Crippen molar-refractivity contribution in [3.63, 3.8) is 0 Å². The van der Waals surface area contributed by atoms with Crippen LogP contribution in [0.25, 0.3) is 0 Å². The zero-order valence-electron chi connectivity index (χ0n) is 14.8. The molecule has 0 saturated carbocycles. The molecular weight excluding hydrogens is 336 g/mol. The van der Waals surface area contributed by atoms with Gasteiger partial charge in [-0.3, -0.25) is 4.99 Å². The summed E-state index contributed by atoms with van der Waals surface area (Å²) >= 11 is 3.52. The zero-order valence-corrected chi connectivity index (χ0v) is 16.5. The molecule has 1 aromatic heterocycles. The number of nitrogens with one attached hydrogen (secondary N) is 2. The average molecular weight is 363 g/mol. The first-order valence-corrected chi connectivity index (χ1v) is 10.2. The van der Waals surface area contributed by atoms with Crippen molar-refractivity contribution in [3.05, 3.63) is 45.4 Å². The van der Waals surface area contributed by atoms with E-state index in [0.29, 0.717) is 0 Å². The van der Waals surface area contributed by atoms with Gasteiger partial charge >= 0.3 is 0 Å². The summed E-state index contributed by atoms with van der Waals surface area (Å²) in [6, 6.07) is 6.57. The monoisotopic (exact) mass is 362 g/mol. The summed E-state index contributed by atoms with van der Waals surface area (Å²) in [5, 5.41) is 10.1. The second-order valence-electron chi connectivity index (χ2n) is 5.65. The number of aromatic nitrogens is 1. The first-order valence-electron chi connectivity index (χ1n) is 8.11. The van der Waals surface area contributed by atoms with Gasteiger partial charge in [0.2, 0.25) is 0 Å². The quantitative estimate of drug-likeness (QED) is 0.341. The third-order valence-electron chi connectivity index (χ3n) is 3.64. The molecule has 0 atom stereocenters. The molecule has 130 valence electrons. The highest BCUT2D eigenvalue weighted by Crippen LogP contribution is 2.21. The third kappa shape index (κ3) is 5.83. The average Bonchev–Trinajstić information content (AvgIpc) is 3.00. The molecule has 0 saturated heterocycles. The van der Waals surface area contributed by atoms with Gasteiger partial charge in [0.15, 0.2) is 5.96 Å². The molecule has 0 bridgehead atoms. The number of hydrogen-bond acceptors (Lipinski definition) is 4. The number of guanidine groups is 1. The van der Waals surface area contributed by atoms with Crippen molar-refractivity contribution < 1.29 is 0 Å². The Hall–Kier alpha value is -1.53. The lowest BCUT2D eigenvalue weighted by Crippen LogP contribution is -2.37. The van der Waals surface area contributed by atoms with Crippen LogP contribution in [0.4, 0.5) is 0 Å². The summed E-state index contributed by atoms with van der Waals surface area (Å²) in [4.78, 5) is 10.1. The predicted molar refractivity (Wildman–Crippen MR) is 106 cm³/mol. The van der Waals surface area contributed by atoms with Crippen LogP contribution in [0.3, 0.4) is 0 Å². The van der Waals surface area contributed by atoms with E-state index in [1.54, 1.807) is 23.1 Å². The zero-order chi connectivity index (χ0) is 17.4. The summed E-state index contributed by atoms with van der Waals surface area (Å²) in [6.45, 7) is 5.84. The van der Waals surface area contributed by atoms with Gasteiger partial charge in [-0.25, -0.2) is 4.98 Å². The molecule has 2 aromatic rings. The van der Waals surface area contributed by atoms with Crippen molar-refractivity contribution in [2.45, 2.75) is 38.1 Å². The van der Waals surface area contributed by atoms with Crippen LogP contribution in [-0.2, 0) is 13.0 Å². The molecule has 1 heterocycles. The molecule has 0 spiro atoms. The summed E-state index contributed by atoms with van der Waals surface area (Å²) < 4.78 is 0. The number of aliphatic imine (C=N–C) groups is 1. The number of thioether (sulfide) groups is 1. The van der Waals surface area contributed by atoms with Crippen LogP contribution >= 0.6 is 23.1 Å². The Balaban J connectivity index is 1.76. The molecular formula is C18H26N4S2. The summed E-state index contributed by atoms with van der Waals surface area (Å²) in [7, 11) is 1.81. The number of benzene rings is 1. The lowest BCUT2D eigenvalue weighted by molar-refractivity contribution is 0.737. The number of nitrogens with zero attached hydrogens (tertiary/aromatic N) is 2. The Bertz CT molecular complexity index is 679. The highest BCUT2D eigenvalue weighted by atomic mass is 32.2. The minimum absolute atomic E-state index is 0.780. The SMILES string of the molecule is CN=C(NCCCc1nc(C)cs1)NCc1ccc(C)cc1SC. The van der Waals surface area contributed by atoms with E-state index >= 15 is 0 Å². The Morgan fingerprint density at radius 2 is 2.12 bits per heavy atom. The van der Waals surface area contributed by atoms with Gasteiger partial charge in [-0.05, 0) is 43.7 Å². The summed E-state index contributed by atoms with van der Waals surface area (Å²) in [6.07, 6.45) is 4.18. The molecule has 2 rings (SSSR count). The van der Waals surface area contributed by atoms with Crippen molar-refractivity contribution in [1.82, 2.24) is 15.6 Å². The molecule has 1 aromatic carbocycles. The standard InChI is InChI=1S/C18H26N4S2/c1-13-7-8-15(16(10-13)23-4)11-21-18(19-3)20-9-5-6-17-22-14(2)12-24-17/h7-8,10,12H,5-6,9,11H2,1-4H3,(H2,19,20,21). The maximum atomic E-state index is 4.49. The normalized spacial score (nSPS) is 11.6. The third-order valence-corrected chi connectivity index (χ3v) is 5.49. The molecule has 6 heteroatoms. The first kappa shape index (κ1) is 18.8. The Labute approximate surface area is 153 Å². The predicted octanol–water partition coefficient (Wildman–Crippen LogP) is 3.78. The summed E-state index contributed by atoms with van der Waals surface area (Å²) in [5.41, 5.74) is 3.71. The van der Waals surface area contributed by atoms with Gasteiger partial charge in [0.05, 0.1) is 5.01 Å². The van der Waals surface area contributed by atoms with Crippen LogP contribution in [0.5, 0.6) is 0 Å². The fourth-order valence-corrected chi connectivity index (χ4v) is 3.89. The number of aryl methyl sites for hydroxylation is 3. The maximum absolute atomic E-state index is 4.49. The minimum Gasteiger partial charge on any atom is -0.356 e. The smallest absolute Gasteiger partial charge is 0.191 e. The van der Waals surface area contributed by atoms with Gasteiger partial charge in [0.1, 0.15) is 0 Å². The highest BCUT2D eigenvalue weighted by molar-refractivity contribution is 7.98. The molecule has 4 nitrogen and oxygen atoms in total. The van der Waals surface area contributed by atoms with E-state index in [0.717, 1.165) is 37.6 Å². The van der Waals surface area contributed by atoms with Gasteiger partial charge in [0.25, 0.3) is 0 Å². The van der Waals surface area contributed by atoms with E-state index in [4.69, 9.17) is 0 Å². The van der Waals surface area contributed by atoms with E-state index < -0.39 is 0 Å². The lowest BCUT2D eigenvalue weighted by atomic mass is 10.1. The largest absolute Gasteiger partial charge is 0.356 e. The fraction of sp³-hybridized carbons (Fsp3) is 0.444. The van der Waals surface area contributed by atoms with Gasteiger partial charge in [-0.1, -0.05) is 12.1 Å². The molecule has 0 amide bonds. The van der Waals surface area contributed by atoms with Crippen LogP contribution in [0, 0.1) is 13.8 Å². The second-order valence-corrected chi connectivity index (χ2v) is 7.44. The number of hydrogen-bond donors (Lipinski definition) is 2. The molecule has 0 unspecified atom stereocenters. The van der Waals surface area contributed by atoms with E-state index in [-0.39, 0.29) is 0 Å². The van der Waals surface area contributed by atoms with Gasteiger partial charge in [0, 0.05) is 42.5 Å². The Kier molecular flexibility index (Phi) is 7.59. The topological polar surface area (TPSA) is 49.3 Å². The van der Waals surface area contributed by atoms with Crippen LogP contribution < -0.4 is 10.6 Å². The van der Waals surface area contributed by atoms with E-state index in [9.17, 15) is 0 Å². The highest BCUT2D eigenvalue weighted by Gasteiger charge is 2.04. The molecule has 2 N–H and O–H groups in total. The maximum Gasteiger partial charge on any atom is 0.191 e. The Morgan fingerprint density at radius 3 is 2.79 bits per heavy atom. The first-order chi connectivity index (χ1) is 11.6. The summed E-state index contributed by atoms with van der Waals surface area (Å²) in [5.74, 6) is 0.845. The van der Waals surface area contributed by atoms with Crippen molar-refractivity contribution in [2.75, 3.05) is 19.8 Å². The van der Waals surface area contributed by atoms with Gasteiger partial charge in [-0.2, -0.15) is 0 Å². The molecule has 0 radical (unpaired) electrons. The molecule has 24 heavy (non-hydrogen) atoms. The van der Waals surface area contributed by atoms with Crippen molar-refractivity contribution in [1.29, 1.82) is 0 Å².